The third-order valence-electron chi connectivity index (χ3n) is 3.64. The van der Waals surface area contributed by atoms with Crippen LogP contribution >= 0.6 is 0 Å². The maximum Gasteiger partial charge on any atom is 0.347 e. The van der Waals surface area contributed by atoms with Crippen molar-refractivity contribution in [1.82, 2.24) is 0 Å². The first-order valence-electron chi connectivity index (χ1n) is 7.38. The molecular formula is C16H23NO3. The molecule has 1 aromatic carbocycles. The predicted octanol–water partition coefficient (Wildman–Crippen LogP) is 2.74. The first kappa shape index (κ1) is 14.9. The molecule has 2 rings (SSSR count). The topological polar surface area (TPSA) is 61.5 Å². The Hall–Kier alpha value is -1.55. The molecule has 0 heterocycles. The molecule has 0 aromatic heterocycles. The Balaban J connectivity index is 2.17. The van der Waals surface area contributed by atoms with Gasteiger partial charge in [0.25, 0.3) is 0 Å². The zero-order valence-corrected chi connectivity index (χ0v) is 12.2. The molecule has 2 unspecified atom stereocenters. The molecule has 4 nitrogen and oxygen atoms in total. The fraction of sp³-hybridized carbons (Fsp3) is 0.562. The van der Waals surface area contributed by atoms with Crippen LogP contribution in [-0.4, -0.2) is 18.7 Å². The fourth-order valence-corrected chi connectivity index (χ4v) is 2.64. The first-order chi connectivity index (χ1) is 9.67. The Labute approximate surface area is 120 Å². The molecule has 0 aliphatic heterocycles. The molecule has 1 aromatic rings. The van der Waals surface area contributed by atoms with Gasteiger partial charge in [-0.15, -0.1) is 0 Å². The minimum atomic E-state index is -0.525. The zero-order chi connectivity index (χ0) is 14.5. The lowest BCUT2D eigenvalue weighted by Crippen LogP contribution is -2.29. The standard InChI is InChI=1S/C16H23NO3/c1-3-6-15(16(18)19-4-2)20-14-8-5-7-11-12(14)9-10-13(11)17/h5,7-8,13,15H,3-4,6,9-10,17H2,1-2H3. The fourth-order valence-electron chi connectivity index (χ4n) is 2.64. The lowest BCUT2D eigenvalue weighted by molar-refractivity contribution is -0.151. The van der Waals surface area contributed by atoms with Gasteiger partial charge in [0, 0.05) is 6.04 Å². The summed E-state index contributed by atoms with van der Waals surface area (Å²) in [5, 5.41) is 0. The minimum Gasteiger partial charge on any atom is -0.478 e. The van der Waals surface area contributed by atoms with Crippen LogP contribution in [0.3, 0.4) is 0 Å². The molecule has 0 spiro atoms. The molecule has 0 saturated carbocycles. The summed E-state index contributed by atoms with van der Waals surface area (Å²) >= 11 is 0. The highest BCUT2D eigenvalue weighted by molar-refractivity contribution is 5.75. The molecule has 110 valence electrons. The lowest BCUT2D eigenvalue weighted by atomic mass is 10.1. The second-order valence-electron chi connectivity index (χ2n) is 5.12. The number of nitrogens with two attached hydrogens (primary N) is 1. The van der Waals surface area contributed by atoms with Gasteiger partial charge in [-0.3, -0.25) is 0 Å². The summed E-state index contributed by atoms with van der Waals surface area (Å²) < 4.78 is 11.0. The van der Waals surface area contributed by atoms with E-state index in [2.05, 4.69) is 0 Å². The van der Waals surface area contributed by atoms with Crippen molar-refractivity contribution in [3.8, 4) is 5.75 Å². The van der Waals surface area contributed by atoms with Crippen LogP contribution in [0.2, 0.25) is 0 Å². The summed E-state index contributed by atoms with van der Waals surface area (Å²) in [5.41, 5.74) is 8.35. The molecule has 1 aliphatic carbocycles. The molecule has 2 N–H and O–H groups in total. The number of hydrogen-bond acceptors (Lipinski definition) is 4. The highest BCUT2D eigenvalue weighted by atomic mass is 16.6. The van der Waals surface area contributed by atoms with Crippen LogP contribution < -0.4 is 10.5 Å². The number of esters is 1. The number of fused-ring (bicyclic) bond motifs is 1. The van der Waals surface area contributed by atoms with Crippen LogP contribution in [0.5, 0.6) is 5.75 Å². The molecular weight excluding hydrogens is 254 g/mol. The Morgan fingerprint density at radius 2 is 2.25 bits per heavy atom. The van der Waals surface area contributed by atoms with Crippen LogP contribution in [0.4, 0.5) is 0 Å². The van der Waals surface area contributed by atoms with Gasteiger partial charge >= 0.3 is 5.97 Å². The van der Waals surface area contributed by atoms with E-state index in [-0.39, 0.29) is 12.0 Å². The normalized spacial score (nSPS) is 18.4. The Bertz CT molecular complexity index is 473. The monoisotopic (exact) mass is 277 g/mol. The van der Waals surface area contributed by atoms with Gasteiger partial charge in [0.2, 0.25) is 0 Å². The number of rotatable bonds is 6. The Morgan fingerprint density at radius 1 is 1.45 bits per heavy atom. The largest absolute Gasteiger partial charge is 0.478 e. The molecule has 0 fully saturated rings. The molecule has 0 saturated heterocycles. The van der Waals surface area contributed by atoms with Crippen molar-refractivity contribution in [3.63, 3.8) is 0 Å². The first-order valence-corrected chi connectivity index (χ1v) is 7.38. The molecule has 0 bridgehead atoms. The highest BCUT2D eigenvalue weighted by Gasteiger charge is 2.26. The predicted molar refractivity (Wildman–Crippen MR) is 77.6 cm³/mol. The molecule has 0 radical (unpaired) electrons. The van der Waals surface area contributed by atoms with Crippen molar-refractivity contribution in [3.05, 3.63) is 29.3 Å². The van der Waals surface area contributed by atoms with Gasteiger partial charge < -0.3 is 15.2 Å². The van der Waals surface area contributed by atoms with Gasteiger partial charge in [-0.1, -0.05) is 25.5 Å². The molecule has 1 aliphatic rings. The summed E-state index contributed by atoms with van der Waals surface area (Å²) in [4.78, 5) is 11.9. The maximum atomic E-state index is 11.9. The third-order valence-corrected chi connectivity index (χ3v) is 3.64. The average Bonchev–Trinajstić information content (AvgIpc) is 2.81. The van der Waals surface area contributed by atoms with Gasteiger partial charge in [-0.05, 0) is 43.4 Å². The number of carbonyl (C=O) groups is 1. The second-order valence-corrected chi connectivity index (χ2v) is 5.12. The van der Waals surface area contributed by atoms with E-state index in [1.54, 1.807) is 6.92 Å². The van der Waals surface area contributed by atoms with Gasteiger partial charge in [0.05, 0.1) is 6.61 Å². The van der Waals surface area contributed by atoms with E-state index in [1.807, 2.05) is 25.1 Å². The number of hydrogen-bond donors (Lipinski definition) is 1. The second kappa shape index (κ2) is 6.75. The van der Waals surface area contributed by atoms with Gasteiger partial charge in [0.1, 0.15) is 5.75 Å². The average molecular weight is 277 g/mol. The van der Waals surface area contributed by atoms with E-state index >= 15 is 0 Å². The molecule has 4 heteroatoms. The summed E-state index contributed by atoms with van der Waals surface area (Å²) in [5.74, 6) is 0.496. The van der Waals surface area contributed by atoms with E-state index < -0.39 is 6.10 Å². The smallest absolute Gasteiger partial charge is 0.347 e. The van der Waals surface area contributed by atoms with Crippen molar-refractivity contribution in [2.24, 2.45) is 5.73 Å². The van der Waals surface area contributed by atoms with Crippen LogP contribution in [0.25, 0.3) is 0 Å². The Kier molecular flexibility index (Phi) is 5.01. The summed E-state index contributed by atoms with van der Waals surface area (Å²) in [6.07, 6.45) is 2.86. The van der Waals surface area contributed by atoms with Crippen molar-refractivity contribution in [2.45, 2.75) is 51.7 Å². The molecule has 2 atom stereocenters. The van der Waals surface area contributed by atoms with E-state index in [0.29, 0.717) is 13.0 Å². The number of carbonyl (C=O) groups excluding carboxylic acids is 1. The zero-order valence-electron chi connectivity index (χ0n) is 12.2. The van der Waals surface area contributed by atoms with Gasteiger partial charge in [0.15, 0.2) is 6.10 Å². The van der Waals surface area contributed by atoms with Crippen molar-refractivity contribution in [1.29, 1.82) is 0 Å². The number of benzene rings is 1. The quantitative estimate of drug-likeness (QED) is 0.812. The van der Waals surface area contributed by atoms with E-state index in [9.17, 15) is 4.79 Å². The van der Waals surface area contributed by atoms with Crippen molar-refractivity contribution in [2.75, 3.05) is 6.61 Å². The highest BCUT2D eigenvalue weighted by Crippen LogP contribution is 2.36. The van der Waals surface area contributed by atoms with Crippen molar-refractivity contribution < 1.29 is 14.3 Å². The van der Waals surface area contributed by atoms with Gasteiger partial charge in [-0.2, -0.15) is 0 Å². The van der Waals surface area contributed by atoms with Crippen LogP contribution in [0.15, 0.2) is 18.2 Å². The van der Waals surface area contributed by atoms with E-state index in [4.69, 9.17) is 15.2 Å². The van der Waals surface area contributed by atoms with Crippen LogP contribution in [0.1, 0.15) is 50.3 Å². The van der Waals surface area contributed by atoms with Crippen LogP contribution in [0, 0.1) is 0 Å². The number of ether oxygens (including phenoxy) is 2. The van der Waals surface area contributed by atoms with E-state index in [0.717, 1.165) is 36.1 Å². The summed E-state index contributed by atoms with van der Waals surface area (Å²) in [6, 6.07) is 5.98. The van der Waals surface area contributed by atoms with Gasteiger partial charge in [-0.25, -0.2) is 4.79 Å². The Morgan fingerprint density at radius 3 is 2.95 bits per heavy atom. The van der Waals surface area contributed by atoms with Crippen molar-refractivity contribution >= 4 is 5.97 Å². The lowest BCUT2D eigenvalue weighted by Gasteiger charge is -2.19. The van der Waals surface area contributed by atoms with E-state index in [1.165, 1.54) is 0 Å². The van der Waals surface area contributed by atoms with Crippen LogP contribution in [-0.2, 0) is 16.0 Å². The molecule has 0 amide bonds. The molecule has 20 heavy (non-hydrogen) atoms. The SMILES string of the molecule is CCCC(Oc1cccc2c1CCC2N)C(=O)OCC. The maximum absolute atomic E-state index is 11.9. The minimum absolute atomic E-state index is 0.0840. The third kappa shape index (κ3) is 3.12. The summed E-state index contributed by atoms with van der Waals surface area (Å²) in [7, 11) is 0. The summed E-state index contributed by atoms with van der Waals surface area (Å²) in [6.45, 7) is 4.21.